The minimum Gasteiger partial charge on any atom is -0.303 e. The first-order valence-electron chi connectivity index (χ1n) is 7.14. The largest absolute Gasteiger partial charge is 0.303 e. The molecular weight excluding hydrogens is 220 g/mol. The average Bonchev–Trinajstić information content (AvgIpc) is 2.35. The van der Waals surface area contributed by atoms with Gasteiger partial charge in [0.2, 0.25) is 0 Å². The van der Waals surface area contributed by atoms with Gasteiger partial charge < -0.3 is 4.79 Å². The van der Waals surface area contributed by atoms with Crippen LogP contribution in [0.5, 0.6) is 0 Å². The van der Waals surface area contributed by atoms with Crippen molar-refractivity contribution in [3.63, 3.8) is 0 Å². The normalized spacial score (nSPS) is 22.7. The van der Waals surface area contributed by atoms with Gasteiger partial charge >= 0.3 is 0 Å². The Morgan fingerprint density at radius 1 is 1.33 bits per heavy atom. The zero-order valence-corrected chi connectivity index (χ0v) is 11.6. The van der Waals surface area contributed by atoms with Crippen LogP contribution >= 0.6 is 0 Å². The minimum atomic E-state index is 0.473. The third-order valence-corrected chi connectivity index (χ3v) is 4.23. The van der Waals surface area contributed by atoms with Crippen molar-refractivity contribution in [1.82, 2.24) is 0 Å². The molecule has 0 N–H and O–H groups in total. The molecule has 2 rings (SSSR count). The molecule has 0 radical (unpaired) electrons. The van der Waals surface area contributed by atoms with Crippen molar-refractivity contribution in [3.05, 3.63) is 35.4 Å². The van der Waals surface area contributed by atoms with Crippen LogP contribution in [0.3, 0.4) is 0 Å². The molecule has 1 atom stereocenters. The highest BCUT2D eigenvalue weighted by Crippen LogP contribution is 2.44. The predicted octanol–water partition coefficient (Wildman–Crippen LogP) is 4.50. The lowest BCUT2D eigenvalue weighted by molar-refractivity contribution is -0.107. The molecule has 1 aliphatic rings. The number of benzene rings is 1. The molecule has 0 amide bonds. The number of carbonyl (C=O) groups excluding carboxylic acids is 1. The summed E-state index contributed by atoms with van der Waals surface area (Å²) in [6.07, 6.45) is 7.84. The van der Waals surface area contributed by atoms with Gasteiger partial charge in [0.25, 0.3) is 0 Å². The van der Waals surface area contributed by atoms with E-state index in [1.54, 1.807) is 0 Å². The Kier molecular flexibility index (Phi) is 4.21. The molecule has 1 aromatic carbocycles. The van der Waals surface area contributed by atoms with Crippen LogP contribution in [0, 0.1) is 5.41 Å². The Balaban J connectivity index is 2.18. The molecule has 0 spiro atoms. The number of hydrogen-bond acceptors (Lipinski definition) is 1. The molecule has 1 unspecified atom stereocenters. The zero-order chi connectivity index (χ0) is 13.0. The van der Waals surface area contributed by atoms with Crippen LogP contribution in [0.1, 0.15) is 63.0 Å². The summed E-state index contributed by atoms with van der Waals surface area (Å²) in [5.41, 5.74) is 3.35. The smallest absolute Gasteiger partial charge is 0.120 e. The summed E-state index contributed by atoms with van der Waals surface area (Å²) in [7, 11) is 0. The van der Waals surface area contributed by atoms with Crippen molar-refractivity contribution >= 4 is 6.29 Å². The summed E-state index contributed by atoms with van der Waals surface area (Å²) in [5.74, 6) is 0.691. The molecule has 1 aromatic rings. The second-order valence-corrected chi connectivity index (χ2v) is 6.36. The van der Waals surface area contributed by atoms with Crippen molar-refractivity contribution in [3.8, 4) is 0 Å². The first-order valence-corrected chi connectivity index (χ1v) is 7.14. The van der Waals surface area contributed by atoms with Crippen LogP contribution < -0.4 is 0 Å². The van der Waals surface area contributed by atoms with Crippen LogP contribution in [-0.4, -0.2) is 6.29 Å². The second kappa shape index (κ2) is 5.69. The van der Waals surface area contributed by atoms with E-state index >= 15 is 0 Å². The second-order valence-electron chi connectivity index (χ2n) is 6.36. The van der Waals surface area contributed by atoms with E-state index in [0.717, 1.165) is 12.7 Å². The van der Waals surface area contributed by atoms with Gasteiger partial charge in [0.15, 0.2) is 0 Å². The number of rotatable bonds is 4. The SMILES string of the molecule is CC1(C)CCCC(c2ccccc2CCC=O)C1. The molecular formula is C17H24O. The van der Waals surface area contributed by atoms with Gasteiger partial charge in [-0.25, -0.2) is 0 Å². The van der Waals surface area contributed by atoms with Crippen LogP contribution in [-0.2, 0) is 11.2 Å². The highest BCUT2D eigenvalue weighted by Gasteiger charge is 2.29. The summed E-state index contributed by atoms with van der Waals surface area (Å²) in [5, 5.41) is 0. The highest BCUT2D eigenvalue weighted by atomic mass is 16.1. The molecule has 0 aliphatic heterocycles. The number of hydrogen-bond donors (Lipinski definition) is 0. The van der Waals surface area contributed by atoms with Crippen LogP contribution in [0.25, 0.3) is 0 Å². The molecule has 1 heteroatoms. The maximum absolute atomic E-state index is 10.6. The lowest BCUT2D eigenvalue weighted by Crippen LogP contribution is -2.22. The van der Waals surface area contributed by atoms with Gasteiger partial charge in [0.1, 0.15) is 6.29 Å². The van der Waals surface area contributed by atoms with Gasteiger partial charge in [0, 0.05) is 6.42 Å². The van der Waals surface area contributed by atoms with E-state index in [-0.39, 0.29) is 0 Å². The van der Waals surface area contributed by atoms with Crippen LogP contribution in [0.15, 0.2) is 24.3 Å². The van der Waals surface area contributed by atoms with E-state index in [2.05, 4.69) is 38.1 Å². The number of carbonyl (C=O) groups is 1. The lowest BCUT2D eigenvalue weighted by Gasteiger charge is -2.36. The van der Waals surface area contributed by atoms with Crippen LogP contribution in [0.4, 0.5) is 0 Å². The van der Waals surface area contributed by atoms with E-state index in [4.69, 9.17) is 0 Å². The molecule has 18 heavy (non-hydrogen) atoms. The van der Waals surface area contributed by atoms with E-state index in [0.29, 0.717) is 17.8 Å². The van der Waals surface area contributed by atoms with E-state index < -0.39 is 0 Å². The van der Waals surface area contributed by atoms with Crippen molar-refractivity contribution in [2.24, 2.45) is 5.41 Å². The average molecular weight is 244 g/mol. The van der Waals surface area contributed by atoms with Gasteiger partial charge in [-0.2, -0.15) is 0 Å². The Hall–Kier alpha value is -1.11. The van der Waals surface area contributed by atoms with E-state index in [1.165, 1.54) is 36.8 Å². The molecule has 1 fully saturated rings. The number of aryl methyl sites for hydroxylation is 1. The fourth-order valence-corrected chi connectivity index (χ4v) is 3.34. The molecule has 1 aliphatic carbocycles. The molecule has 0 heterocycles. The van der Waals surface area contributed by atoms with Crippen molar-refractivity contribution in [1.29, 1.82) is 0 Å². The van der Waals surface area contributed by atoms with Gasteiger partial charge in [-0.3, -0.25) is 0 Å². The first-order chi connectivity index (χ1) is 8.62. The molecule has 0 aromatic heterocycles. The molecule has 0 saturated heterocycles. The topological polar surface area (TPSA) is 17.1 Å². The third kappa shape index (κ3) is 3.22. The zero-order valence-electron chi connectivity index (χ0n) is 11.6. The van der Waals surface area contributed by atoms with Crippen molar-refractivity contribution < 1.29 is 4.79 Å². The fourth-order valence-electron chi connectivity index (χ4n) is 3.34. The van der Waals surface area contributed by atoms with E-state index in [1.807, 2.05) is 0 Å². The van der Waals surface area contributed by atoms with Crippen molar-refractivity contribution in [2.45, 2.75) is 58.3 Å². The van der Waals surface area contributed by atoms with Crippen molar-refractivity contribution in [2.75, 3.05) is 0 Å². The Labute approximate surface area is 111 Å². The van der Waals surface area contributed by atoms with E-state index in [9.17, 15) is 4.79 Å². The van der Waals surface area contributed by atoms with Gasteiger partial charge in [-0.15, -0.1) is 0 Å². The third-order valence-electron chi connectivity index (χ3n) is 4.23. The maximum Gasteiger partial charge on any atom is 0.120 e. The van der Waals surface area contributed by atoms with Gasteiger partial charge in [-0.1, -0.05) is 44.5 Å². The molecule has 98 valence electrons. The number of aldehydes is 1. The monoisotopic (exact) mass is 244 g/mol. The highest BCUT2D eigenvalue weighted by molar-refractivity contribution is 5.50. The Morgan fingerprint density at radius 3 is 2.83 bits per heavy atom. The first kappa shape index (κ1) is 13.3. The van der Waals surface area contributed by atoms with Gasteiger partial charge in [-0.05, 0) is 48.1 Å². The standard InChI is InChI=1S/C17H24O/c1-17(2)11-5-8-15(13-17)16-10-4-3-7-14(16)9-6-12-18/h3-4,7,10,12,15H,5-6,8-9,11,13H2,1-2H3. The lowest BCUT2D eigenvalue weighted by atomic mass is 9.69. The predicted molar refractivity (Wildman–Crippen MR) is 75.8 cm³/mol. The Bertz CT molecular complexity index is 406. The van der Waals surface area contributed by atoms with Crippen LogP contribution in [0.2, 0.25) is 0 Å². The summed E-state index contributed by atoms with van der Waals surface area (Å²) in [6, 6.07) is 8.70. The molecule has 1 saturated carbocycles. The summed E-state index contributed by atoms with van der Waals surface area (Å²) in [6.45, 7) is 4.76. The minimum absolute atomic E-state index is 0.473. The fraction of sp³-hybridized carbons (Fsp3) is 0.588. The maximum atomic E-state index is 10.6. The van der Waals surface area contributed by atoms with Gasteiger partial charge in [0.05, 0.1) is 0 Å². The summed E-state index contributed by atoms with van der Waals surface area (Å²) in [4.78, 5) is 10.6. The summed E-state index contributed by atoms with van der Waals surface area (Å²) >= 11 is 0. The summed E-state index contributed by atoms with van der Waals surface area (Å²) < 4.78 is 0. The Morgan fingerprint density at radius 2 is 2.11 bits per heavy atom. The molecule has 1 nitrogen and oxygen atoms in total. The molecule has 0 bridgehead atoms. The quantitative estimate of drug-likeness (QED) is 0.713.